The van der Waals surface area contributed by atoms with Crippen molar-refractivity contribution < 1.29 is 9.15 Å². The van der Waals surface area contributed by atoms with E-state index < -0.39 is 0 Å². The Bertz CT molecular complexity index is 1180. The SMILES string of the molecule is Brc1ccc(OCc2nn3c(-c4cc5ccccc5o4)nnc3s2)cc1. The molecular weight excluding hydrogens is 416 g/mol. The molecule has 8 heteroatoms. The molecule has 26 heavy (non-hydrogen) atoms. The fourth-order valence-corrected chi connectivity index (χ4v) is 3.65. The van der Waals surface area contributed by atoms with E-state index >= 15 is 0 Å². The third-order valence-electron chi connectivity index (χ3n) is 3.85. The summed E-state index contributed by atoms with van der Waals surface area (Å²) in [4.78, 5) is 0.704. The lowest BCUT2D eigenvalue weighted by molar-refractivity contribution is 0.304. The van der Waals surface area contributed by atoms with Crippen LogP contribution < -0.4 is 4.74 Å². The summed E-state index contributed by atoms with van der Waals surface area (Å²) in [6.45, 7) is 0.370. The van der Waals surface area contributed by atoms with E-state index in [-0.39, 0.29) is 0 Å². The molecular formula is C18H11BrN4O2S. The number of para-hydroxylation sites is 1. The Hall–Kier alpha value is -2.71. The van der Waals surface area contributed by atoms with Gasteiger partial charge in [0.1, 0.15) is 17.9 Å². The Kier molecular flexibility index (Phi) is 3.72. The van der Waals surface area contributed by atoms with Crippen LogP contribution in [0.4, 0.5) is 0 Å². The van der Waals surface area contributed by atoms with Gasteiger partial charge >= 0.3 is 0 Å². The summed E-state index contributed by atoms with van der Waals surface area (Å²) in [6.07, 6.45) is 0. The second-order valence-electron chi connectivity index (χ2n) is 5.60. The van der Waals surface area contributed by atoms with E-state index in [9.17, 15) is 0 Å². The maximum atomic E-state index is 5.88. The molecule has 6 nitrogen and oxygen atoms in total. The van der Waals surface area contributed by atoms with E-state index in [0.717, 1.165) is 26.2 Å². The van der Waals surface area contributed by atoms with Gasteiger partial charge < -0.3 is 9.15 Å². The molecule has 0 N–H and O–H groups in total. The van der Waals surface area contributed by atoms with Crippen LogP contribution in [0.2, 0.25) is 0 Å². The lowest BCUT2D eigenvalue weighted by atomic mass is 10.2. The Morgan fingerprint density at radius 3 is 2.77 bits per heavy atom. The van der Waals surface area contributed by atoms with Crippen LogP contribution in [-0.2, 0) is 6.61 Å². The number of furan rings is 1. The summed E-state index contributed by atoms with van der Waals surface area (Å²) in [6, 6.07) is 17.5. The minimum Gasteiger partial charge on any atom is -0.486 e. The molecule has 0 spiro atoms. The zero-order valence-electron chi connectivity index (χ0n) is 13.3. The quantitative estimate of drug-likeness (QED) is 0.407. The number of benzene rings is 2. The van der Waals surface area contributed by atoms with Gasteiger partial charge in [-0.1, -0.05) is 45.5 Å². The van der Waals surface area contributed by atoms with Crippen LogP contribution in [0.3, 0.4) is 0 Å². The monoisotopic (exact) mass is 426 g/mol. The van der Waals surface area contributed by atoms with Crippen molar-refractivity contribution in [2.45, 2.75) is 6.61 Å². The zero-order valence-corrected chi connectivity index (χ0v) is 15.7. The number of hydrogen-bond donors (Lipinski definition) is 0. The lowest BCUT2D eigenvalue weighted by Crippen LogP contribution is -1.97. The van der Waals surface area contributed by atoms with Gasteiger partial charge in [-0.2, -0.15) is 9.61 Å². The zero-order chi connectivity index (χ0) is 17.5. The van der Waals surface area contributed by atoms with E-state index in [1.54, 1.807) is 4.52 Å². The number of fused-ring (bicyclic) bond motifs is 2. The van der Waals surface area contributed by atoms with Gasteiger partial charge in [0.05, 0.1) is 0 Å². The molecule has 3 aromatic heterocycles. The van der Waals surface area contributed by atoms with Crippen LogP contribution in [-0.4, -0.2) is 19.8 Å². The highest BCUT2D eigenvalue weighted by Crippen LogP contribution is 2.28. The molecule has 0 aliphatic heterocycles. The van der Waals surface area contributed by atoms with Crippen LogP contribution in [0, 0.1) is 0 Å². The molecule has 0 saturated carbocycles. The van der Waals surface area contributed by atoms with Crippen molar-refractivity contribution in [2.75, 3.05) is 0 Å². The maximum absolute atomic E-state index is 5.88. The second kappa shape index (κ2) is 6.22. The first-order chi connectivity index (χ1) is 12.8. The van der Waals surface area contributed by atoms with Crippen LogP contribution >= 0.6 is 27.3 Å². The summed E-state index contributed by atoms with van der Waals surface area (Å²) in [5, 5.41) is 14.8. The fourth-order valence-electron chi connectivity index (χ4n) is 2.64. The summed E-state index contributed by atoms with van der Waals surface area (Å²) in [5.74, 6) is 2.02. The molecule has 5 aromatic rings. The molecule has 5 rings (SSSR count). The molecule has 0 fully saturated rings. The highest BCUT2D eigenvalue weighted by molar-refractivity contribution is 9.10. The first-order valence-corrected chi connectivity index (χ1v) is 9.46. The van der Waals surface area contributed by atoms with Crippen molar-refractivity contribution in [2.24, 2.45) is 0 Å². The van der Waals surface area contributed by atoms with Gasteiger partial charge in [0.15, 0.2) is 10.8 Å². The summed E-state index contributed by atoms with van der Waals surface area (Å²) < 4.78 is 14.4. The van der Waals surface area contributed by atoms with Crippen molar-refractivity contribution in [1.29, 1.82) is 0 Å². The highest BCUT2D eigenvalue weighted by Gasteiger charge is 2.17. The van der Waals surface area contributed by atoms with Crippen molar-refractivity contribution >= 4 is 43.2 Å². The van der Waals surface area contributed by atoms with Crippen molar-refractivity contribution in [3.63, 3.8) is 0 Å². The molecule has 0 radical (unpaired) electrons. The molecule has 0 amide bonds. The van der Waals surface area contributed by atoms with Gasteiger partial charge in [-0.25, -0.2) is 0 Å². The number of nitrogens with zero attached hydrogens (tertiary/aromatic N) is 4. The van der Waals surface area contributed by atoms with Crippen molar-refractivity contribution in [3.05, 3.63) is 64.1 Å². The number of ether oxygens (including phenoxy) is 1. The molecule has 0 bridgehead atoms. The third-order valence-corrected chi connectivity index (χ3v) is 5.26. The van der Waals surface area contributed by atoms with Gasteiger partial charge in [-0.3, -0.25) is 0 Å². The maximum Gasteiger partial charge on any atom is 0.235 e. The van der Waals surface area contributed by atoms with Crippen LogP contribution in [0.1, 0.15) is 5.01 Å². The number of halogens is 1. The number of aromatic nitrogens is 4. The Morgan fingerprint density at radius 2 is 1.92 bits per heavy atom. The van der Waals surface area contributed by atoms with Gasteiger partial charge in [0, 0.05) is 9.86 Å². The fraction of sp³-hybridized carbons (Fsp3) is 0.0556. The molecule has 0 unspecified atom stereocenters. The average molecular weight is 427 g/mol. The number of hydrogen-bond acceptors (Lipinski definition) is 6. The highest BCUT2D eigenvalue weighted by atomic mass is 79.9. The normalized spacial score (nSPS) is 11.4. The number of rotatable bonds is 4. The van der Waals surface area contributed by atoms with Crippen LogP contribution in [0.25, 0.3) is 27.5 Å². The molecule has 2 aromatic carbocycles. The van der Waals surface area contributed by atoms with Crippen molar-refractivity contribution in [3.8, 4) is 17.3 Å². The average Bonchev–Trinajstić information content (AvgIpc) is 3.34. The lowest BCUT2D eigenvalue weighted by Gasteiger charge is -2.02. The molecule has 0 atom stereocenters. The molecule has 0 saturated heterocycles. The molecule has 0 aliphatic carbocycles. The topological polar surface area (TPSA) is 65.5 Å². The van der Waals surface area contributed by atoms with E-state index in [4.69, 9.17) is 9.15 Å². The van der Waals surface area contributed by atoms with E-state index in [1.807, 2.05) is 54.6 Å². The first-order valence-electron chi connectivity index (χ1n) is 7.85. The standard InChI is InChI=1S/C18H11BrN4O2S/c19-12-5-7-13(8-6-12)24-10-16-22-23-17(20-21-18(23)26-16)15-9-11-3-1-2-4-14(11)25-15/h1-9H,10H2. The largest absolute Gasteiger partial charge is 0.486 e. The predicted octanol–water partition coefficient (Wildman–Crippen LogP) is 4.94. The van der Waals surface area contributed by atoms with Gasteiger partial charge in [-0.05, 0) is 36.4 Å². The second-order valence-corrected chi connectivity index (χ2v) is 7.56. The third kappa shape index (κ3) is 2.77. The van der Waals surface area contributed by atoms with Gasteiger partial charge in [0.2, 0.25) is 10.8 Å². The molecule has 3 heterocycles. The Morgan fingerprint density at radius 1 is 1.08 bits per heavy atom. The first kappa shape index (κ1) is 15.5. The minimum absolute atomic E-state index is 0.370. The summed E-state index contributed by atoms with van der Waals surface area (Å²) >= 11 is 4.85. The molecule has 128 valence electrons. The summed E-state index contributed by atoms with van der Waals surface area (Å²) in [5.41, 5.74) is 0.813. The van der Waals surface area contributed by atoms with E-state index in [1.165, 1.54) is 11.3 Å². The molecule has 0 aliphatic rings. The van der Waals surface area contributed by atoms with E-state index in [0.29, 0.717) is 23.2 Å². The Labute approximate surface area is 160 Å². The van der Waals surface area contributed by atoms with Crippen molar-refractivity contribution in [1.82, 2.24) is 19.8 Å². The predicted molar refractivity (Wildman–Crippen MR) is 102 cm³/mol. The van der Waals surface area contributed by atoms with Crippen LogP contribution in [0.5, 0.6) is 5.75 Å². The Balaban J connectivity index is 1.44. The summed E-state index contributed by atoms with van der Waals surface area (Å²) in [7, 11) is 0. The van der Waals surface area contributed by atoms with Gasteiger partial charge in [-0.15, -0.1) is 10.2 Å². The van der Waals surface area contributed by atoms with Gasteiger partial charge in [0.25, 0.3) is 0 Å². The van der Waals surface area contributed by atoms with E-state index in [2.05, 4.69) is 31.2 Å². The van der Waals surface area contributed by atoms with Crippen LogP contribution in [0.15, 0.2) is 63.5 Å². The smallest absolute Gasteiger partial charge is 0.235 e. The minimum atomic E-state index is 0.370.